The first-order chi connectivity index (χ1) is 10.6. The van der Waals surface area contributed by atoms with Gasteiger partial charge >= 0.3 is 0 Å². The summed E-state index contributed by atoms with van der Waals surface area (Å²) in [6.45, 7) is 2.10. The normalized spacial score (nSPS) is 10.9. The van der Waals surface area contributed by atoms with Gasteiger partial charge in [-0.15, -0.1) is 0 Å². The SMILES string of the molecule is CCc1cccc(NC(=O)c2c(Br)c3ccccc3n2C)c1. The van der Waals surface area contributed by atoms with Crippen molar-refractivity contribution in [2.75, 3.05) is 5.32 Å². The van der Waals surface area contributed by atoms with Crippen molar-refractivity contribution in [3.05, 3.63) is 64.3 Å². The zero-order chi connectivity index (χ0) is 15.7. The number of amides is 1. The number of benzene rings is 2. The summed E-state index contributed by atoms with van der Waals surface area (Å²) in [5.41, 5.74) is 3.68. The van der Waals surface area contributed by atoms with Crippen LogP contribution in [0.5, 0.6) is 0 Å². The zero-order valence-electron chi connectivity index (χ0n) is 12.6. The van der Waals surface area contributed by atoms with Crippen molar-refractivity contribution in [3.8, 4) is 0 Å². The number of carbonyl (C=O) groups excluding carboxylic acids is 1. The van der Waals surface area contributed by atoms with Crippen LogP contribution < -0.4 is 5.32 Å². The summed E-state index contributed by atoms with van der Waals surface area (Å²) in [4.78, 5) is 12.7. The molecule has 3 rings (SSSR count). The van der Waals surface area contributed by atoms with Crippen LogP contribution in [0.3, 0.4) is 0 Å². The smallest absolute Gasteiger partial charge is 0.273 e. The Morgan fingerprint density at radius 2 is 1.95 bits per heavy atom. The minimum atomic E-state index is -0.112. The van der Waals surface area contributed by atoms with Gasteiger partial charge in [0.25, 0.3) is 5.91 Å². The Hall–Kier alpha value is -2.07. The standard InChI is InChI=1S/C18H17BrN2O/c1-3-12-7-6-8-13(11-12)20-18(22)17-16(19)14-9-4-5-10-15(14)21(17)2/h4-11H,3H2,1-2H3,(H,20,22). The number of rotatable bonds is 3. The number of hydrogen-bond donors (Lipinski definition) is 1. The molecule has 1 aromatic heterocycles. The summed E-state index contributed by atoms with van der Waals surface area (Å²) in [5, 5.41) is 4.03. The third kappa shape index (κ3) is 2.55. The summed E-state index contributed by atoms with van der Waals surface area (Å²) in [6.07, 6.45) is 0.946. The fourth-order valence-corrected chi connectivity index (χ4v) is 3.44. The van der Waals surface area contributed by atoms with Gasteiger partial charge in [0.1, 0.15) is 5.69 Å². The number of nitrogens with one attached hydrogen (secondary N) is 1. The van der Waals surface area contributed by atoms with Gasteiger partial charge in [0, 0.05) is 23.6 Å². The van der Waals surface area contributed by atoms with Crippen LogP contribution in [-0.2, 0) is 13.5 Å². The highest BCUT2D eigenvalue weighted by molar-refractivity contribution is 9.10. The molecule has 0 spiro atoms. The lowest BCUT2D eigenvalue weighted by Crippen LogP contribution is -2.16. The number of nitrogens with zero attached hydrogens (tertiary/aromatic N) is 1. The number of aryl methyl sites for hydroxylation is 2. The molecule has 0 aliphatic carbocycles. The number of anilines is 1. The Kier molecular flexibility index (Phi) is 4.03. The lowest BCUT2D eigenvalue weighted by molar-refractivity contribution is 0.101. The van der Waals surface area contributed by atoms with Crippen LogP contribution in [-0.4, -0.2) is 10.5 Å². The van der Waals surface area contributed by atoms with Crippen molar-refractivity contribution in [1.29, 1.82) is 0 Å². The van der Waals surface area contributed by atoms with Crippen LogP contribution in [0.2, 0.25) is 0 Å². The molecule has 0 saturated carbocycles. The number of fused-ring (bicyclic) bond motifs is 1. The van der Waals surface area contributed by atoms with Crippen LogP contribution in [0.4, 0.5) is 5.69 Å². The Balaban J connectivity index is 1.98. The van der Waals surface area contributed by atoms with Crippen molar-refractivity contribution < 1.29 is 4.79 Å². The van der Waals surface area contributed by atoms with Gasteiger partial charge in [-0.05, 0) is 46.1 Å². The van der Waals surface area contributed by atoms with Crippen LogP contribution >= 0.6 is 15.9 Å². The van der Waals surface area contributed by atoms with Gasteiger partial charge < -0.3 is 9.88 Å². The van der Waals surface area contributed by atoms with E-state index in [0.717, 1.165) is 27.5 Å². The number of hydrogen-bond acceptors (Lipinski definition) is 1. The first-order valence-corrected chi connectivity index (χ1v) is 8.04. The van der Waals surface area contributed by atoms with E-state index < -0.39 is 0 Å². The topological polar surface area (TPSA) is 34.0 Å². The van der Waals surface area contributed by atoms with Crippen molar-refractivity contribution >= 4 is 38.4 Å². The first kappa shape index (κ1) is 14.9. The van der Waals surface area contributed by atoms with Gasteiger partial charge in [0.15, 0.2) is 0 Å². The molecular weight excluding hydrogens is 340 g/mol. The molecular formula is C18H17BrN2O. The molecule has 112 valence electrons. The molecule has 0 aliphatic heterocycles. The molecule has 22 heavy (non-hydrogen) atoms. The van der Waals surface area contributed by atoms with Crippen molar-refractivity contribution in [3.63, 3.8) is 0 Å². The van der Waals surface area contributed by atoms with Crippen molar-refractivity contribution in [2.24, 2.45) is 7.05 Å². The second-order valence-electron chi connectivity index (χ2n) is 5.25. The van der Waals surface area contributed by atoms with E-state index in [4.69, 9.17) is 0 Å². The summed E-state index contributed by atoms with van der Waals surface area (Å²) in [6, 6.07) is 15.9. The highest BCUT2D eigenvalue weighted by Crippen LogP contribution is 2.30. The molecule has 2 aromatic carbocycles. The molecule has 0 fully saturated rings. The maximum atomic E-state index is 12.7. The number of carbonyl (C=O) groups is 1. The second kappa shape index (κ2) is 5.97. The van der Waals surface area contributed by atoms with Gasteiger partial charge in [0.2, 0.25) is 0 Å². The molecule has 1 amide bonds. The van der Waals surface area contributed by atoms with E-state index in [9.17, 15) is 4.79 Å². The molecule has 0 unspecified atom stereocenters. The van der Waals surface area contributed by atoms with E-state index in [2.05, 4.69) is 34.2 Å². The Morgan fingerprint density at radius 3 is 2.68 bits per heavy atom. The maximum Gasteiger partial charge on any atom is 0.273 e. The number of halogens is 1. The Bertz CT molecular complexity index is 812. The lowest BCUT2D eigenvalue weighted by atomic mass is 10.1. The largest absolute Gasteiger partial charge is 0.339 e. The summed E-state index contributed by atoms with van der Waals surface area (Å²) < 4.78 is 2.74. The predicted octanol–water partition coefficient (Wildman–Crippen LogP) is 4.76. The molecule has 0 aliphatic rings. The second-order valence-corrected chi connectivity index (χ2v) is 6.04. The van der Waals surface area contributed by atoms with E-state index >= 15 is 0 Å². The molecule has 0 bridgehead atoms. The molecule has 3 aromatic rings. The molecule has 0 radical (unpaired) electrons. The van der Waals surface area contributed by atoms with Gasteiger partial charge in [-0.3, -0.25) is 4.79 Å². The quantitative estimate of drug-likeness (QED) is 0.721. The molecule has 4 heteroatoms. The van der Waals surface area contributed by atoms with E-state index in [-0.39, 0.29) is 5.91 Å². The average molecular weight is 357 g/mol. The van der Waals surface area contributed by atoms with Crippen LogP contribution in [0.25, 0.3) is 10.9 Å². The molecule has 3 nitrogen and oxygen atoms in total. The summed E-state index contributed by atoms with van der Waals surface area (Å²) >= 11 is 3.56. The monoisotopic (exact) mass is 356 g/mol. The van der Waals surface area contributed by atoms with Crippen LogP contribution in [0.15, 0.2) is 53.0 Å². The summed E-state index contributed by atoms with van der Waals surface area (Å²) in [7, 11) is 1.91. The zero-order valence-corrected chi connectivity index (χ0v) is 14.1. The Labute approximate surface area is 138 Å². The highest BCUT2D eigenvalue weighted by Gasteiger charge is 2.19. The fraction of sp³-hybridized carbons (Fsp3) is 0.167. The fourth-order valence-electron chi connectivity index (χ4n) is 2.66. The minimum absolute atomic E-state index is 0.112. The number of aromatic nitrogens is 1. The van der Waals surface area contributed by atoms with E-state index in [1.54, 1.807) is 0 Å². The van der Waals surface area contributed by atoms with E-state index in [1.165, 1.54) is 5.56 Å². The minimum Gasteiger partial charge on any atom is -0.339 e. The molecule has 1 heterocycles. The lowest BCUT2D eigenvalue weighted by Gasteiger charge is -2.08. The van der Waals surface area contributed by atoms with E-state index in [1.807, 2.05) is 54.1 Å². The molecule has 0 atom stereocenters. The first-order valence-electron chi connectivity index (χ1n) is 7.25. The number of para-hydroxylation sites is 1. The third-order valence-corrected chi connectivity index (χ3v) is 4.66. The van der Waals surface area contributed by atoms with Crippen molar-refractivity contribution in [2.45, 2.75) is 13.3 Å². The predicted molar refractivity (Wildman–Crippen MR) is 94.4 cm³/mol. The Morgan fingerprint density at radius 1 is 1.18 bits per heavy atom. The van der Waals surface area contributed by atoms with E-state index in [0.29, 0.717) is 5.69 Å². The maximum absolute atomic E-state index is 12.7. The summed E-state index contributed by atoms with van der Waals surface area (Å²) in [5.74, 6) is -0.112. The molecule has 0 saturated heterocycles. The highest BCUT2D eigenvalue weighted by atomic mass is 79.9. The van der Waals surface area contributed by atoms with Gasteiger partial charge in [-0.25, -0.2) is 0 Å². The van der Waals surface area contributed by atoms with Gasteiger partial charge in [-0.2, -0.15) is 0 Å². The van der Waals surface area contributed by atoms with Crippen LogP contribution in [0, 0.1) is 0 Å². The van der Waals surface area contributed by atoms with Gasteiger partial charge in [0.05, 0.1) is 4.47 Å². The molecule has 1 N–H and O–H groups in total. The third-order valence-electron chi connectivity index (χ3n) is 3.85. The van der Waals surface area contributed by atoms with Gasteiger partial charge in [-0.1, -0.05) is 37.3 Å². The van der Waals surface area contributed by atoms with Crippen LogP contribution in [0.1, 0.15) is 23.0 Å². The van der Waals surface area contributed by atoms with Crippen molar-refractivity contribution in [1.82, 2.24) is 4.57 Å². The average Bonchev–Trinajstić information content (AvgIpc) is 2.79.